The van der Waals surface area contributed by atoms with Crippen LogP contribution in [0, 0.1) is 5.92 Å². The van der Waals surface area contributed by atoms with Gasteiger partial charge in [0.25, 0.3) is 10.0 Å². The molecule has 36 heavy (non-hydrogen) atoms. The van der Waals surface area contributed by atoms with Crippen LogP contribution in [0.4, 0.5) is 10.8 Å². The second-order valence-electron chi connectivity index (χ2n) is 8.16. The number of piperidine rings is 1. The van der Waals surface area contributed by atoms with Crippen LogP contribution in [0.15, 0.2) is 58.9 Å². The zero-order valence-corrected chi connectivity index (χ0v) is 22.7. The molecule has 1 aliphatic rings. The first-order valence-corrected chi connectivity index (χ1v) is 15.5. The van der Waals surface area contributed by atoms with E-state index < -0.39 is 26.0 Å². The number of carbonyl (C=O) groups excluding carboxylic acids is 1. The molecule has 1 saturated heterocycles. The zero-order valence-electron chi connectivity index (χ0n) is 18.7. The van der Waals surface area contributed by atoms with Gasteiger partial charge in [0.15, 0.2) is 5.13 Å². The van der Waals surface area contributed by atoms with Gasteiger partial charge in [-0.1, -0.05) is 29.3 Å². The van der Waals surface area contributed by atoms with E-state index in [1.54, 1.807) is 17.5 Å². The summed E-state index contributed by atoms with van der Waals surface area (Å²) in [6.07, 6.45) is 2.57. The molecule has 9 nitrogen and oxygen atoms in total. The van der Waals surface area contributed by atoms with Crippen LogP contribution in [-0.2, 0) is 30.6 Å². The number of amides is 1. The molecule has 1 fully saturated rings. The van der Waals surface area contributed by atoms with Gasteiger partial charge in [-0.15, -0.1) is 11.3 Å². The highest BCUT2D eigenvalue weighted by atomic mass is 35.5. The summed E-state index contributed by atoms with van der Waals surface area (Å²) >= 11 is 13.1. The maximum Gasteiger partial charge on any atom is 0.263 e. The molecule has 0 unspecified atom stereocenters. The number of sulfonamides is 2. The molecule has 2 heterocycles. The molecule has 192 valence electrons. The molecule has 3 aromatic rings. The number of halogens is 2. The first-order valence-electron chi connectivity index (χ1n) is 10.8. The van der Waals surface area contributed by atoms with Crippen molar-refractivity contribution in [2.45, 2.75) is 23.5 Å². The Morgan fingerprint density at radius 1 is 1.08 bits per heavy atom. The molecule has 4 rings (SSSR count). The normalized spacial score (nSPS) is 17.0. The van der Waals surface area contributed by atoms with E-state index in [4.69, 9.17) is 23.2 Å². The minimum absolute atomic E-state index is 0.0212. The second-order valence-corrected chi connectivity index (χ2v) is 13.5. The fourth-order valence-corrected chi connectivity index (χ4v) is 7.46. The van der Waals surface area contributed by atoms with Crippen molar-refractivity contribution in [1.82, 2.24) is 9.29 Å². The number of benzene rings is 2. The first-order chi connectivity index (χ1) is 17.0. The number of nitrogens with zero attached hydrogens (tertiary/aromatic N) is 2. The minimum Gasteiger partial charge on any atom is -0.326 e. The van der Waals surface area contributed by atoms with Crippen molar-refractivity contribution >= 4 is 71.3 Å². The van der Waals surface area contributed by atoms with Gasteiger partial charge in [-0.25, -0.2) is 26.1 Å². The minimum atomic E-state index is -3.81. The van der Waals surface area contributed by atoms with Gasteiger partial charge in [-0.3, -0.25) is 9.52 Å². The molecule has 1 aromatic heterocycles. The Hall–Kier alpha value is -2.22. The van der Waals surface area contributed by atoms with E-state index in [9.17, 15) is 21.6 Å². The Kier molecular flexibility index (Phi) is 8.22. The number of hydrogen-bond acceptors (Lipinski definition) is 7. The summed E-state index contributed by atoms with van der Waals surface area (Å²) in [5, 5.41) is 5.28. The summed E-state index contributed by atoms with van der Waals surface area (Å²) in [5.74, 6) is -1.12. The third kappa shape index (κ3) is 6.55. The number of rotatable bonds is 8. The van der Waals surface area contributed by atoms with Gasteiger partial charge in [0.2, 0.25) is 15.9 Å². The molecule has 0 spiro atoms. The number of carbonyl (C=O) groups is 1. The number of anilines is 2. The van der Waals surface area contributed by atoms with Gasteiger partial charge in [-0.2, -0.15) is 0 Å². The lowest BCUT2D eigenvalue weighted by atomic mass is 9.99. The zero-order chi connectivity index (χ0) is 25.9. The van der Waals surface area contributed by atoms with E-state index >= 15 is 0 Å². The van der Waals surface area contributed by atoms with Crippen LogP contribution >= 0.6 is 34.5 Å². The quantitative estimate of drug-likeness (QED) is 0.401. The van der Waals surface area contributed by atoms with E-state index in [-0.39, 0.29) is 33.3 Å². The van der Waals surface area contributed by atoms with Gasteiger partial charge in [0.1, 0.15) is 0 Å². The summed E-state index contributed by atoms with van der Waals surface area (Å²) in [4.78, 5) is 16.8. The fraction of sp³-hybridized carbons (Fsp3) is 0.273. The molecular formula is C22H22Cl2N4O5S3. The monoisotopic (exact) mass is 588 g/mol. The fourth-order valence-electron chi connectivity index (χ4n) is 3.75. The molecule has 1 atom stereocenters. The summed E-state index contributed by atoms with van der Waals surface area (Å²) in [7, 11) is -7.48. The van der Waals surface area contributed by atoms with Crippen molar-refractivity contribution in [2.75, 3.05) is 23.1 Å². The Morgan fingerprint density at radius 2 is 1.83 bits per heavy atom. The van der Waals surface area contributed by atoms with Gasteiger partial charge in [0.05, 0.1) is 26.6 Å². The first kappa shape index (κ1) is 26.8. The smallest absolute Gasteiger partial charge is 0.263 e. The number of aromatic nitrogens is 1. The summed E-state index contributed by atoms with van der Waals surface area (Å²) in [6, 6.07) is 10.4. The van der Waals surface area contributed by atoms with Crippen molar-refractivity contribution < 1.29 is 21.6 Å². The predicted octanol–water partition coefficient (Wildman–Crippen LogP) is 4.43. The topological polar surface area (TPSA) is 126 Å². The summed E-state index contributed by atoms with van der Waals surface area (Å²) in [6.45, 7) is 0.381. The van der Waals surface area contributed by atoms with Crippen molar-refractivity contribution in [2.24, 2.45) is 5.92 Å². The van der Waals surface area contributed by atoms with E-state index in [1.165, 1.54) is 40.8 Å². The van der Waals surface area contributed by atoms with Crippen LogP contribution in [0.1, 0.15) is 18.4 Å². The van der Waals surface area contributed by atoms with Gasteiger partial charge >= 0.3 is 0 Å². The lowest BCUT2D eigenvalue weighted by Crippen LogP contribution is -2.44. The van der Waals surface area contributed by atoms with Crippen molar-refractivity contribution in [3.8, 4) is 0 Å². The molecule has 14 heteroatoms. The molecule has 0 bridgehead atoms. The molecule has 0 radical (unpaired) electrons. The van der Waals surface area contributed by atoms with E-state index in [1.807, 2.05) is 0 Å². The Labute approximate surface area is 223 Å². The van der Waals surface area contributed by atoms with Crippen molar-refractivity contribution in [1.29, 1.82) is 0 Å². The Balaban J connectivity index is 1.38. The standard InChI is InChI=1S/C22H22Cl2N4O5S3/c23-19-8-3-15(12-20(19)24)14-35(30,31)28-10-1-2-16(13-28)21(29)26-17-4-6-18(7-5-17)36(32,33)27-22-25-9-11-34-22/h3-9,11-12,16H,1-2,10,13-14H2,(H,25,27)(H,26,29)/t16-/m0/s1. The predicted molar refractivity (Wildman–Crippen MR) is 141 cm³/mol. The maximum absolute atomic E-state index is 13.0. The van der Waals surface area contributed by atoms with Crippen LogP contribution in [0.3, 0.4) is 0 Å². The highest BCUT2D eigenvalue weighted by Crippen LogP contribution is 2.27. The highest BCUT2D eigenvalue weighted by molar-refractivity contribution is 7.93. The second kappa shape index (κ2) is 11.0. The average molecular weight is 590 g/mol. The molecule has 1 aliphatic heterocycles. The van der Waals surface area contributed by atoms with E-state index in [0.717, 1.165) is 11.3 Å². The lowest BCUT2D eigenvalue weighted by Gasteiger charge is -2.31. The number of nitrogens with one attached hydrogen (secondary N) is 2. The van der Waals surface area contributed by atoms with E-state index in [0.29, 0.717) is 35.7 Å². The molecule has 0 aliphatic carbocycles. The SMILES string of the molecule is O=C(Nc1ccc(S(=O)(=O)Nc2nccs2)cc1)[C@H]1CCCN(S(=O)(=O)Cc2ccc(Cl)c(Cl)c2)C1. The van der Waals surface area contributed by atoms with Crippen molar-refractivity contribution in [3.05, 3.63) is 69.7 Å². The van der Waals surface area contributed by atoms with Gasteiger partial charge < -0.3 is 5.32 Å². The van der Waals surface area contributed by atoms with Crippen LogP contribution in [0.2, 0.25) is 10.0 Å². The maximum atomic E-state index is 13.0. The van der Waals surface area contributed by atoms with Crippen LogP contribution in [0.25, 0.3) is 0 Å². The van der Waals surface area contributed by atoms with Crippen LogP contribution < -0.4 is 10.0 Å². The number of hydrogen-bond donors (Lipinski definition) is 2. The summed E-state index contributed by atoms with van der Waals surface area (Å²) < 4.78 is 54.6. The largest absolute Gasteiger partial charge is 0.326 e. The van der Waals surface area contributed by atoms with Gasteiger partial charge in [-0.05, 0) is 54.8 Å². The Morgan fingerprint density at radius 3 is 2.50 bits per heavy atom. The molecule has 2 N–H and O–H groups in total. The van der Waals surface area contributed by atoms with Crippen LogP contribution in [0.5, 0.6) is 0 Å². The molecular weight excluding hydrogens is 567 g/mol. The van der Waals surface area contributed by atoms with E-state index in [2.05, 4.69) is 15.0 Å². The Bertz CT molecular complexity index is 1450. The molecule has 1 amide bonds. The molecule has 2 aromatic carbocycles. The molecule has 0 saturated carbocycles. The summed E-state index contributed by atoms with van der Waals surface area (Å²) in [5.41, 5.74) is 0.916. The number of thiazole rings is 1. The lowest BCUT2D eigenvalue weighted by molar-refractivity contribution is -0.120. The van der Waals surface area contributed by atoms with Crippen molar-refractivity contribution in [3.63, 3.8) is 0 Å². The third-order valence-corrected chi connectivity index (χ3v) is 10.3. The highest BCUT2D eigenvalue weighted by Gasteiger charge is 2.32. The average Bonchev–Trinajstić information content (AvgIpc) is 3.34. The third-order valence-electron chi connectivity index (χ3n) is 5.57. The van der Waals surface area contributed by atoms with Gasteiger partial charge in [0, 0.05) is 30.4 Å². The van der Waals surface area contributed by atoms with Crippen LogP contribution in [-0.4, -0.2) is 45.1 Å².